The number of rotatable bonds is 10. The smallest absolute Gasteiger partial charge is 0.407 e. The lowest BCUT2D eigenvalue weighted by molar-refractivity contribution is -0.145. The number of nitrogens with one attached hydrogen (secondary N) is 1. The zero-order valence-electron chi connectivity index (χ0n) is 34.1. The highest BCUT2D eigenvalue weighted by Gasteiger charge is 2.50. The van der Waals surface area contributed by atoms with Gasteiger partial charge in [0.15, 0.2) is 15.6 Å². The van der Waals surface area contributed by atoms with E-state index in [0.29, 0.717) is 80.5 Å². The summed E-state index contributed by atoms with van der Waals surface area (Å²) in [5.41, 5.74) is 3.91. The first-order chi connectivity index (χ1) is 29.8. The molecule has 14 heteroatoms. The second-order valence-corrected chi connectivity index (χ2v) is 18.2. The molecule has 9 rings (SSSR count). The fraction of sp³-hybridized carbons (Fsp3) is 0.271. The first-order valence-electron chi connectivity index (χ1n) is 20.6. The van der Waals surface area contributed by atoms with Crippen LogP contribution in [0.15, 0.2) is 132 Å². The SMILES string of the molecule is CS(=O)(=O)c1ccc(-c2ccc3cc(OCc4ccccc4)ccc3c2Oc2ccc(C3(O)c4ccc(N5CCN(C(=O)O)CC5)cc4CN3C3CCC(O)NC3O)cc2)cc1. The molecule has 2 fully saturated rings. The van der Waals surface area contributed by atoms with Crippen molar-refractivity contribution in [1.29, 1.82) is 0 Å². The predicted molar refractivity (Wildman–Crippen MR) is 235 cm³/mol. The molecule has 320 valence electrons. The summed E-state index contributed by atoms with van der Waals surface area (Å²) < 4.78 is 37.5. The highest BCUT2D eigenvalue weighted by molar-refractivity contribution is 7.90. The Kier molecular flexibility index (Phi) is 11.1. The van der Waals surface area contributed by atoms with Gasteiger partial charge in [0.2, 0.25) is 0 Å². The second kappa shape index (κ2) is 16.7. The van der Waals surface area contributed by atoms with E-state index in [9.17, 15) is 33.6 Å². The van der Waals surface area contributed by atoms with E-state index < -0.39 is 40.2 Å². The molecule has 0 spiro atoms. The summed E-state index contributed by atoms with van der Waals surface area (Å²) in [4.78, 5) is 17.2. The molecule has 4 atom stereocenters. The van der Waals surface area contributed by atoms with E-state index in [4.69, 9.17) is 9.47 Å². The molecule has 13 nitrogen and oxygen atoms in total. The maximum absolute atomic E-state index is 13.0. The van der Waals surface area contributed by atoms with Crippen molar-refractivity contribution >= 4 is 32.4 Å². The number of sulfone groups is 1. The molecule has 4 unspecified atom stereocenters. The Balaban J connectivity index is 1.06. The molecule has 6 aromatic rings. The number of piperidine rings is 1. The van der Waals surface area contributed by atoms with Crippen LogP contribution >= 0.6 is 0 Å². The predicted octanol–water partition coefficient (Wildman–Crippen LogP) is 6.48. The first kappa shape index (κ1) is 41.4. The molecule has 0 aromatic heterocycles. The monoisotopic (exact) mass is 856 g/mol. The van der Waals surface area contributed by atoms with Gasteiger partial charge in [-0.25, -0.2) is 13.2 Å². The number of hydrogen-bond donors (Lipinski definition) is 5. The maximum Gasteiger partial charge on any atom is 0.407 e. The number of carbonyl (C=O) groups is 1. The van der Waals surface area contributed by atoms with Crippen LogP contribution in [-0.2, 0) is 28.7 Å². The summed E-state index contributed by atoms with van der Waals surface area (Å²) in [7, 11) is -3.41. The van der Waals surface area contributed by atoms with Crippen LogP contribution in [0.25, 0.3) is 21.9 Å². The summed E-state index contributed by atoms with van der Waals surface area (Å²) >= 11 is 0. The number of ether oxygens (including phenoxy) is 2. The van der Waals surface area contributed by atoms with Gasteiger partial charge in [0, 0.05) is 66.7 Å². The molecule has 0 bridgehead atoms. The third-order valence-corrected chi connectivity index (χ3v) is 13.4. The molecular weight excluding hydrogens is 809 g/mol. The van der Waals surface area contributed by atoms with Gasteiger partial charge >= 0.3 is 6.09 Å². The number of amides is 1. The Hall–Kier alpha value is -6.00. The minimum atomic E-state index is -3.41. The van der Waals surface area contributed by atoms with Crippen molar-refractivity contribution in [2.24, 2.45) is 0 Å². The lowest BCUT2D eigenvalue weighted by Crippen LogP contribution is -2.60. The van der Waals surface area contributed by atoms with Crippen molar-refractivity contribution < 1.29 is 43.1 Å². The molecule has 62 heavy (non-hydrogen) atoms. The highest BCUT2D eigenvalue weighted by atomic mass is 32.2. The minimum Gasteiger partial charge on any atom is -0.489 e. The third kappa shape index (κ3) is 8.08. The van der Waals surface area contributed by atoms with Gasteiger partial charge in [0.1, 0.15) is 36.3 Å². The van der Waals surface area contributed by atoms with Gasteiger partial charge in [-0.1, -0.05) is 66.7 Å². The van der Waals surface area contributed by atoms with Crippen molar-refractivity contribution in [3.63, 3.8) is 0 Å². The van der Waals surface area contributed by atoms with E-state index >= 15 is 0 Å². The Morgan fingerprint density at radius 3 is 2.24 bits per heavy atom. The Morgan fingerprint density at radius 2 is 1.55 bits per heavy atom. The molecule has 0 aliphatic carbocycles. The standard InChI is InChI=1S/C48H48N4O9S/c1-62(58,59)39-16-7-32(8-17-39)40-18-9-33-28-38(60-30-31-5-3-2-4-6-31)15-19-41(33)45(40)61-37-13-10-35(11-14-37)48(57)42-20-12-36(50-23-25-51(26-24-50)47(55)56)27-34(42)29-52(48)43-21-22-44(53)49-46(43)54/h2-20,27-28,43-44,46,49,53-54,57H,21-26,29-30H2,1H3,(H,55,56). The number of piperazine rings is 1. The van der Waals surface area contributed by atoms with Gasteiger partial charge in [-0.05, 0) is 95.6 Å². The number of carboxylic acid groups (broad SMARTS) is 1. The number of aliphatic hydroxyl groups excluding tert-OH is 2. The van der Waals surface area contributed by atoms with Crippen molar-refractivity contribution in [2.45, 2.75) is 55.1 Å². The highest BCUT2D eigenvalue weighted by Crippen LogP contribution is 2.47. The molecule has 1 amide bonds. The number of anilines is 1. The van der Waals surface area contributed by atoms with Gasteiger partial charge < -0.3 is 39.7 Å². The lowest BCUT2D eigenvalue weighted by Gasteiger charge is -2.44. The van der Waals surface area contributed by atoms with Crippen LogP contribution in [0, 0.1) is 0 Å². The fourth-order valence-electron chi connectivity index (χ4n) is 8.94. The second-order valence-electron chi connectivity index (χ2n) is 16.2. The molecule has 3 aliphatic rings. The van der Waals surface area contributed by atoms with Crippen LogP contribution in [-0.4, -0.2) is 95.7 Å². The molecule has 0 radical (unpaired) electrons. The van der Waals surface area contributed by atoms with Gasteiger partial charge in [-0.2, -0.15) is 0 Å². The van der Waals surface area contributed by atoms with Crippen LogP contribution in [0.1, 0.15) is 35.1 Å². The quantitative estimate of drug-likeness (QED) is 0.102. The van der Waals surface area contributed by atoms with Crippen LogP contribution in [0.3, 0.4) is 0 Å². The van der Waals surface area contributed by atoms with E-state index in [-0.39, 0.29) is 4.90 Å². The summed E-state index contributed by atoms with van der Waals surface area (Å²) in [6.07, 6.45) is -0.898. The van der Waals surface area contributed by atoms with Gasteiger partial charge in [-0.15, -0.1) is 0 Å². The Morgan fingerprint density at radius 1 is 0.823 bits per heavy atom. The van der Waals surface area contributed by atoms with Gasteiger partial charge in [-0.3, -0.25) is 10.2 Å². The molecular formula is C48H48N4O9S. The summed E-state index contributed by atoms with van der Waals surface area (Å²) in [5, 5.41) is 48.5. The van der Waals surface area contributed by atoms with Crippen molar-refractivity contribution in [1.82, 2.24) is 15.1 Å². The molecule has 0 saturated carbocycles. The van der Waals surface area contributed by atoms with Gasteiger partial charge in [0.05, 0.1) is 10.9 Å². The maximum atomic E-state index is 13.0. The Labute approximate surface area is 359 Å². The molecule has 5 N–H and O–H groups in total. The van der Waals surface area contributed by atoms with Crippen LogP contribution in [0.5, 0.6) is 17.2 Å². The number of aliphatic hydroxyl groups is 3. The van der Waals surface area contributed by atoms with E-state index in [1.54, 1.807) is 36.4 Å². The average Bonchev–Trinajstić information content (AvgIpc) is 3.57. The number of fused-ring (bicyclic) bond motifs is 2. The molecule has 6 aromatic carbocycles. The zero-order chi connectivity index (χ0) is 43.2. The number of benzene rings is 6. The minimum absolute atomic E-state index is 0.211. The number of hydrogen-bond acceptors (Lipinski definition) is 11. The summed E-state index contributed by atoms with van der Waals surface area (Å²) in [5.74, 6) is 1.73. The zero-order valence-corrected chi connectivity index (χ0v) is 34.9. The van der Waals surface area contributed by atoms with Crippen LogP contribution < -0.4 is 19.7 Å². The topological polar surface area (TPSA) is 172 Å². The first-order valence-corrected chi connectivity index (χ1v) is 22.5. The van der Waals surface area contributed by atoms with Crippen LogP contribution in [0.2, 0.25) is 0 Å². The number of nitrogens with zero attached hydrogens (tertiary/aromatic N) is 3. The fourth-order valence-corrected chi connectivity index (χ4v) is 9.57. The molecule has 3 aliphatic heterocycles. The third-order valence-electron chi connectivity index (χ3n) is 12.3. The van der Waals surface area contributed by atoms with E-state index in [0.717, 1.165) is 38.7 Å². The van der Waals surface area contributed by atoms with E-state index in [1.807, 2.05) is 95.9 Å². The van der Waals surface area contributed by atoms with Crippen molar-refractivity contribution in [3.8, 4) is 28.4 Å². The van der Waals surface area contributed by atoms with E-state index in [1.165, 1.54) is 11.2 Å². The molecule has 2 saturated heterocycles. The lowest BCUT2D eigenvalue weighted by atomic mass is 9.91. The largest absolute Gasteiger partial charge is 0.489 e. The van der Waals surface area contributed by atoms with Crippen LogP contribution in [0.4, 0.5) is 10.5 Å². The van der Waals surface area contributed by atoms with Gasteiger partial charge in [0.25, 0.3) is 0 Å². The summed E-state index contributed by atoms with van der Waals surface area (Å²) in [6.45, 7) is 2.58. The van der Waals surface area contributed by atoms with E-state index in [2.05, 4.69) is 10.2 Å². The summed E-state index contributed by atoms with van der Waals surface area (Å²) in [6, 6.07) is 38.9. The Bertz CT molecular complexity index is 2710. The van der Waals surface area contributed by atoms with Crippen molar-refractivity contribution in [2.75, 3.05) is 37.3 Å². The normalized spacial score (nSPS) is 21.8. The van der Waals surface area contributed by atoms with Crippen molar-refractivity contribution in [3.05, 3.63) is 150 Å². The average molecular weight is 857 g/mol. The molecule has 3 heterocycles.